The summed E-state index contributed by atoms with van der Waals surface area (Å²) in [5, 5.41) is 2.43. The molecule has 1 heterocycles. The van der Waals surface area contributed by atoms with Crippen molar-refractivity contribution in [3.63, 3.8) is 0 Å². The molecule has 12 heteroatoms. The summed E-state index contributed by atoms with van der Waals surface area (Å²) in [6.45, 7) is 1.83. The maximum absolute atomic E-state index is 13.9. The molecule has 1 aliphatic rings. The minimum absolute atomic E-state index is 0.0000711. The number of halogens is 6. The van der Waals surface area contributed by atoms with Crippen LogP contribution >= 0.6 is 11.6 Å². The number of hydrogen-bond acceptors (Lipinski definition) is 3. The predicted molar refractivity (Wildman–Crippen MR) is 128 cm³/mol. The van der Waals surface area contributed by atoms with Crippen LogP contribution in [0.1, 0.15) is 27.8 Å². The highest BCUT2D eigenvalue weighted by Gasteiger charge is 2.34. The van der Waals surface area contributed by atoms with Gasteiger partial charge in [-0.05, 0) is 65.9 Å². The van der Waals surface area contributed by atoms with Crippen molar-refractivity contribution in [3.05, 3.63) is 93.0 Å². The van der Waals surface area contributed by atoms with Gasteiger partial charge in [-0.1, -0.05) is 29.8 Å². The number of sulfonamides is 1. The van der Waals surface area contributed by atoms with Crippen molar-refractivity contribution in [2.45, 2.75) is 37.4 Å². The average molecular weight is 559 g/mol. The molecule has 37 heavy (non-hydrogen) atoms. The molecule has 0 aliphatic carbocycles. The first-order valence-electron chi connectivity index (χ1n) is 11.0. The lowest BCUT2D eigenvalue weighted by Gasteiger charge is -2.30. The zero-order chi connectivity index (χ0) is 27.1. The number of carbonyl (C=O) groups excluding carboxylic acids is 1. The van der Waals surface area contributed by atoms with Gasteiger partial charge >= 0.3 is 6.18 Å². The topological polar surface area (TPSA) is 66.5 Å². The number of carbonyl (C=O) groups is 1. The van der Waals surface area contributed by atoms with E-state index in [9.17, 15) is 35.2 Å². The molecule has 196 valence electrons. The third-order valence-electron chi connectivity index (χ3n) is 6.07. The lowest BCUT2D eigenvalue weighted by molar-refractivity contribution is -0.140. The van der Waals surface area contributed by atoms with Crippen LogP contribution in [0, 0.1) is 18.6 Å². The Kier molecular flexibility index (Phi) is 7.33. The number of nitrogens with zero attached hydrogens (tertiary/aromatic N) is 1. The molecule has 0 saturated heterocycles. The van der Waals surface area contributed by atoms with Crippen molar-refractivity contribution >= 4 is 33.2 Å². The second-order valence-electron chi connectivity index (χ2n) is 8.60. The minimum atomic E-state index is -4.84. The van der Waals surface area contributed by atoms with Gasteiger partial charge in [-0.25, -0.2) is 17.2 Å². The number of nitrogens with one attached hydrogen (secondary N) is 1. The van der Waals surface area contributed by atoms with Crippen molar-refractivity contribution in [1.82, 2.24) is 4.31 Å². The Balaban J connectivity index is 1.53. The summed E-state index contributed by atoms with van der Waals surface area (Å²) in [6.07, 6.45) is -4.94. The van der Waals surface area contributed by atoms with E-state index in [1.165, 1.54) is 4.31 Å². The lowest BCUT2D eigenvalue weighted by atomic mass is 9.95. The summed E-state index contributed by atoms with van der Waals surface area (Å²) in [6, 6.07) is 8.93. The molecule has 1 amide bonds. The summed E-state index contributed by atoms with van der Waals surface area (Å²) in [5.74, 6) is -2.76. The van der Waals surface area contributed by atoms with Crippen LogP contribution in [0.5, 0.6) is 0 Å². The molecule has 0 fully saturated rings. The van der Waals surface area contributed by atoms with E-state index in [0.29, 0.717) is 28.9 Å². The quantitative estimate of drug-likeness (QED) is 0.398. The van der Waals surface area contributed by atoms with Crippen LogP contribution in [-0.2, 0) is 40.4 Å². The standard InChI is InChI=1S/C25H20ClF5N2O3S/c1-14-2-4-16-13-33(37(35,36)17-5-7-21(27)20(26)12-17)9-8-18(16)24(14)32-23(34)11-15-3-6-19(22(28)10-15)25(29,30)31/h2-7,10,12H,8-9,11,13H2,1H3,(H,32,34). The normalized spacial score (nSPS) is 14.4. The highest BCUT2D eigenvalue weighted by Crippen LogP contribution is 2.34. The first-order chi connectivity index (χ1) is 17.3. The largest absolute Gasteiger partial charge is 0.419 e. The highest BCUT2D eigenvalue weighted by molar-refractivity contribution is 7.89. The average Bonchev–Trinajstić information content (AvgIpc) is 2.81. The number of benzene rings is 3. The fraction of sp³-hybridized carbons (Fsp3) is 0.240. The minimum Gasteiger partial charge on any atom is -0.325 e. The Labute approximate surface area is 214 Å². The summed E-state index contributed by atoms with van der Waals surface area (Å²) in [5.41, 5.74) is 1.19. The van der Waals surface area contributed by atoms with Crippen molar-refractivity contribution in [3.8, 4) is 0 Å². The SMILES string of the molecule is Cc1ccc2c(c1NC(=O)Cc1ccc(C(F)(F)F)c(F)c1)CCN(S(=O)(=O)c1ccc(F)c(Cl)c1)C2. The van der Waals surface area contributed by atoms with E-state index in [4.69, 9.17) is 11.6 Å². The van der Waals surface area contributed by atoms with Crippen molar-refractivity contribution in [2.24, 2.45) is 0 Å². The summed E-state index contributed by atoms with van der Waals surface area (Å²) < 4.78 is 93.1. The van der Waals surface area contributed by atoms with E-state index in [2.05, 4.69) is 5.32 Å². The zero-order valence-electron chi connectivity index (χ0n) is 19.3. The Hall–Kier alpha value is -3.02. The van der Waals surface area contributed by atoms with Crippen LogP contribution in [0.25, 0.3) is 0 Å². The van der Waals surface area contributed by atoms with E-state index in [-0.39, 0.29) is 41.4 Å². The molecule has 3 aromatic carbocycles. The smallest absolute Gasteiger partial charge is 0.325 e. The van der Waals surface area contributed by atoms with Gasteiger partial charge < -0.3 is 5.32 Å². The molecule has 4 rings (SSSR count). The molecule has 0 radical (unpaired) electrons. The lowest BCUT2D eigenvalue weighted by Crippen LogP contribution is -2.36. The molecule has 1 N–H and O–H groups in total. The zero-order valence-corrected chi connectivity index (χ0v) is 20.9. The van der Waals surface area contributed by atoms with Crippen LogP contribution in [0.3, 0.4) is 0 Å². The van der Waals surface area contributed by atoms with Gasteiger partial charge in [0.15, 0.2) is 0 Å². The summed E-state index contributed by atoms with van der Waals surface area (Å²) >= 11 is 5.75. The fourth-order valence-electron chi connectivity index (χ4n) is 4.18. The van der Waals surface area contributed by atoms with Crippen LogP contribution in [-0.4, -0.2) is 25.2 Å². The maximum Gasteiger partial charge on any atom is 0.419 e. The third kappa shape index (κ3) is 5.63. The molecule has 1 aliphatic heterocycles. The van der Waals surface area contributed by atoms with E-state index in [0.717, 1.165) is 29.8 Å². The number of fused-ring (bicyclic) bond motifs is 1. The van der Waals surface area contributed by atoms with E-state index in [1.54, 1.807) is 19.1 Å². The number of alkyl halides is 3. The van der Waals surface area contributed by atoms with E-state index >= 15 is 0 Å². The molecule has 0 atom stereocenters. The van der Waals surface area contributed by atoms with Gasteiger partial charge in [0.2, 0.25) is 15.9 Å². The Morgan fingerprint density at radius 3 is 2.43 bits per heavy atom. The van der Waals surface area contributed by atoms with Gasteiger partial charge in [0.25, 0.3) is 0 Å². The molecular formula is C25H20ClF5N2O3S. The number of aryl methyl sites for hydroxylation is 1. The fourth-order valence-corrected chi connectivity index (χ4v) is 5.87. The predicted octanol–water partition coefficient (Wildman–Crippen LogP) is 5.87. The second kappa shape index (κ2) is 10.0. The van der Waals surface area contributed by atoms with Crippen molar-refractivity contribution in [2.75, 3.05) is 11.9 Å². The van der Waals surface area contributed by atoms with Crippen LogP contribution < -0.4 is 5.32 Å². The molecule has 3 aromatic rings. The Bertz CT molecular complexity index is 1490. The van der Waals surface area contributed by atoms with Gasteiger partial charge in [0.1, 0.15) is 11.6 Å². The Morgan fingerprint density at radius 2 is 1.78 bits per heavy atom. The molecular weight excluding hydrogens is 539 g/mol. The third-order valence-corrected chi connectivity index (χ3v) is 8.20. The monoisotopic (exact) mass is 558 g/mol. The number of hydrogen-bond donors (Lipinski definition) is 1. The van der Waals surface area contributed by atoms with Gasteiger partial charge in [-0.15, -0.1) is 0 Å². The molecule has 5 nitrogen and oxygen atoms in total. The van der Waals surface area contributed by atoms with Crippen molar-refractivity contribution in [1.29, 1.82) is 0 Å². The van der Waals surface area contributed by atoms with Gasteiger partial charge in [-0.2, -0.15) is 17.5 Å². The molecule has 0 saturated carbocycles. The van der Waals surface area contributed by atoms with E-state index in [1.807, 2.05) is 0 Å². The van der Waals surface area contributed by atoms with Crippen LogP contribution in [0.4, 0.5) is 27.6 Å². The van der Waals surface area contributed by atoms with Crippen LogP contribution in [0.2, 0.25) is 5.02 Å². The molecule has 0 unspecified atom stereocenters. The van der Waals surface area contributed by atoms with Crippen molar-refractivity contribution < 1.29 is 35.2 Å². The number of amides is 1. The first kappa shape index (κ1) is 27.0. The first-order valence-corrected chi connectivity index (χ1v) is 12.8. The van der Waals surface area contributed by atoms with Gasteiger partial charge in [0.05, 0.1) is 21.9 Å². The number of rotatable bonds is 5. The maximum atomic E-state index is 13.9. The Morgan fingerprint density at radius 1 is 1.05 bits per heavy atom. The van der Waals surface area contributed by atoms with Crippen LogP contribution in [0.15, 0.2) is 53.4 Å². The summed E-state index contributed by atoms with van der Waals surface area (Å²) in [4.78, 5) is 12.5. The second-order valence-corrected chi connectivity index (χ2v) is 10.9. The molecule has 0 aromatic heterocycles. The molecule has 0 bridgehead atoms. The molecule has 0 spiro atoms. The van der Waals surface area contributed by atoms with E-state index < -0.39 is 39.3 Å². The van der Waals surface area contributed by atoms with Gasteiger partial charge in [-0.3, -0.25) is 4.79 Å². The highest BCUT2D eigenvalue weighted by atomic mass is 35.5. The van der Waals surface area contributed by atoms with Gasteiger partial charge in [0, 0.05) is 18.8 Å². The summed E-state index contributed by atoms with van der Waals surface area (Å²) in [7, 11) is -3.97. The number of anilines is 1.